The molecule has 2 aliphatic rings. The van der Waals surface area contributed by atoms with Crippen LogP contribution in [0.1, 0.15) is 84.0 Å². The largest absolute Gasteiger partial charge is 0.335 e. The molecule has 2 N–H and O–H groups in total. The van der Waals surface area contributed by atoms with Crippen molar-refractivity contribution in [3.8, 4) is 0 Å². The van der Waals surface area contributed by atoms with Gasteiger partial charge in [0.2, 0.25) is 5.91 Å². The van der Waals surface area contributed by atoms with Crippen molar-refractivity contribution in [2.45, 2.75) is 102 Å². The van der Waals surface area contributed by atoms with Gasteiger partial charge in [-0.05, 0) is 32.1 Å². The van der Waals surface area contributed by atoms with E-state index in [1.54, 1.807) is 0 Å². The van der Waals surface area contributed by atoms with Crippen molar-refractivity contribution >= 4 is 5.91 Å². The number of rotatable bonds is 5. The van der Waals surface area contributed by atoms with Crippen LogP contribution in [-0.4, -0.2) is 28.9 Å². The molecule has 2 saturated carbocycles. The minimum absolute atomic E-state index is 0.241. The Hall–Kier alpha value is -0.570. The Morgan fingerprint density at radius 3 is 1.85 bits per heavy atom. The third-order valence-electron chi connectivity index (χ3n) is 5.11. The smallest absolute Gasteiger partial charge is 0.239 e. The zero-order valence-corrected chi connectivity index (χ0v) is 13.2. The second-order valence-corrected chi connectivity index (χ2v) is 6.72. The molecule has 0 saturated heterocycles. The normalized spacial score (nSPS) is 23.5. The first-order chi connectivity index (χ1) is 9.74. The lowest BCUT2D eigenvalue weighted by atomic mass is 9.88. The molecule has 0 heterocycles. The quantitative estimate of drug-likeness (QED) is 0.836. The van der Waals surface area contributed by atoms with E-state index in [1.807, 2.05) is 0 Å². The summed E-state index contributed by atoms with van der Waals surface area (Å²) >= 11 is 0. The van der Waals surface area contributed by atoms with E-state index in [1.165, 1.54) is 64.2 Å². The van der Waals surface area contributed by atoms with E-state index in [-0.39, 0.29) is 11.9 Å². The average molecular weight is 280 g/mol. The maximum absolute atomic E-state index is 12.8. The average Bonchev–Trinajstić information content (AvgIpc) is 2.50. The Morgan fingerprint density at radius 2 is 1.45 bits per heavy atom. The van der Waals surface area contributed by atoms with Crippen molar-refractivity contribution in [2.75, 3.05) is 0 Å². The van der Waals surface area contributed by atoms with Crippen LogP contribution < -0.4 is 5.73 Å². The molecular formula is C17H32N2O. The zero-order chi connectivity index (χ0) is 14.4. The molecule has 0 aromatic rings. The summed E-state index contributed by atoms with van der Waals surface area (Å²) in [6, 6.07) is 0.674. The van der Waals surface area contributed by atoms with Gasteiger partial charge in [-0.15, -0.1) is 0 Å². The molecule has 2 rings (SSSR count). The number of nitrogens with zero attached hydrogens (tertiary/aromatic N) is 1. The van der Waals surface area contributed by atoms with Crippen molar-refractivity contribution in [3.05, 3.63) is 0 Å². The Labute approximate surface area is 124 Å². The van der Waals surface area contributed by atoms with Gasteiger partial charge < -0.3 is 10.6 Å². The van der Waals surface area contributed by atoms with Gasteiger partial charge in [0.05, 0.1) is 6.04 Å². The molecule has 2 fully saturated rings. The van der Waals surface area contributed by atoms with Crippen LogP contribution in [0, 0.1) is 0 Å². The number of hydrogen-bond acceptors (Lipinski definition) is 2. The van der Waals surface area contributed by atoms with Gasteiger partial charge in [0.25, 0.3) is 0 Å². The summed E-state index contributed by atoms with van der Waals surface area (Å²) in [6.45, 7) is 2.11. The number of carbonyl (C=O) groups excluding carboxylic acids is 1. The minimum atomic E-state index is -0.274. The summed E-state index contributed by atoms with van der Waals surface area (Å²) in [6.07, 6.45) is 14.4. The highest BCUT2D eigenvalue weighted by atomic mass is 16.2. The molecule has 1 amide bonds. The Kier molecular flexibility index (Phi) is 6.34. The summed E-state index contributed by atoms with van der Waals surface area (Å²) in [7, 11) is 0. The van der Waals surface area contributed by atoms with Crippen molar-refractivity contribution in [2.24, 2.45) is 5.73 Å². The molecule has 116 valence electrons. The molecule has 0 bridgehead atoms. The number of nitrogens with two attached hydrogens (primary N) is 1. The van der Waals surface area contributed by atoms with Crippen LogP contribution in [-0.2, 0) is 4.79 Å². The van der Waals surface area contributed by atoms with Crippen LogP contribution in [0.4, 0.5) is 0 Å². The van der Waals surface area contributed by atoms with Crippen LogP contribution in [0.2, 0.25) is 0 Å². The van der Waals surface area contributed by atoms with E-state index >= 15 is 0 Å². The first-order valence-corrected chi connectivity index (χ1v) is 8.81. The van der Waals surface area contributed by atoms with Gasteiger partial charge in [-0.25, -0.2) is 0 Å². The fourth-order valence-electron chi connectivity index (χ4n) is 4.00. The molecule has 0 unspecified atom stereocenters. The van der Waals surface area contributed by atoms with E-state index in [4.69, 9.17) is 5.73 Å². The van der Waals surface area contributed by atoms with Crippen molar-refractivity contribution < 1.29 is 4.79 Å². The first-order valence-electron chi connectivity index (χ1n) is 8.81. The second-order valence-electron chi connectivity index (χ2n) is 6.72. The molecule has 1 atom stereocenters. The highest BCUT2D eigenvalue weighted by Crippen LogP contribution is 2.30. The van der Waals surface area contributed by atoms with Gasteiger partial charge in [0.15, 0.2) is 0 Å². The molecule has 3 heteroatoms. The van der Waals surface area contributed by atoms with Gasteiger partial charge in [-0.1, -0.05) is 51.9 Å². The molecule has 2 aliphatic carbocycles. The Bertz CT molecular complexity index is 275. The maximum Gasteiger partial charge on any atom is 0.239 e. The van der Waals surface area contributed by atoms with E-state index < -0.39 is 0 Å². The lowest BCUT2D eigenvalue weighted by Crippen LogP contribution is -2.54. The Morgan fingerprint density at radius 1 is 1.00 bits per heavy atom. The number of carbonyl (C=O) groups is 1. The zero-order valence-electron chi connectivity index (χ0n) is 13.2. The highest BCUT2D eigenvalue weighted by molar-refractivity contribution is 5.82. The topological polar surface area (TPSA) is 46.3 Å². The van der Waals surface area contributed by atoms with Crippen LogP contribution >= 0.6 is 0 Å². The summed E-state index contributed by atoms with van der Waals surface area (Å²) < 4.78 is 0. The van der Waals surface area contributed by atoms with E-state index in [9.17, 15) is 4.79 Å². The summed E-state index contributed by atoms with van der Waals surface area (Å²) in [5, 5.41) is 0. The lowest BCUT2D eigenvalue weighted by molar-refractivity contribution is -0.139. The third-order valence-corrected chi connectivity index (χ3v) is 5.11. The van der Waals surface area contributed by atoms with Gasteiger partial charge in [-0.2, -0.15) is 0 Å². The third kappa shape index (κ3) is 3.97. The molecule has 20 heavy (non-hydrogen) atoms. The lowest BCUT2D eigenvalue weighted by Gasteiger charge is -2.43. The summed E-state index contributed by atoms with van der Waals surface area (Å²) in [5.41, 5.74) is 6.15. The van der Waals surface area contributed by atoms with Crippen LogP contribution in [0.3, 0.4) is 0 Å². The van der Waals surface area contributed by atoms with Crippen molar-refractivity contribution in [3.63, 3.8) is 0 Å². The van der Waals surface area contributed by atoms with E-state index in [2.05, 4.69) is 11.8 Å². The highest BCUT2D eigenvalue weighted by Gasteiger charge is 2.34. The van der Waals surface area contributed by atoms with Gasteiger partial charge in [-0.3, -0.25) is 4.79 Å². The molecule has 0 aliphatic heterocycles. The van der Waals surface area contributed by atoms with Crippen molar-refractivity contribution in [1.82, 2.24) is 4.90 Å². The van der Waals surface area contributed by atoms with Crippen LogP contribution in [0.25, 0.3) is 0 Å². The molecule has 3 nitrogen and oxygen atoms in total. The number of hydrogen-bond donors (Lipinski definition) is 1. The van der Waals surface area contributed by atoms with Gasteiger partial charge >= 0.3 is 0 Å². The first kappa shape index (κ1) is 15.8. The summed E-state index contributed by atoms with van der Waals surface area (Å²) in [5.74, 6) is 0.241. The van der Waals surface area contributed by atoms with Gasteiger partial charge in [0.1, 0.15) is 0 Å². The SMILES string of the molecule is CCC[C@@H](N)C(=O)N(C1CCCCC1)C1CCCCC1. The fraction of sp³-hybridized carbons (Fsp3) is 0.941. The second kappa shape index (κ2) is 8.02. The fourth-order valence-corrected chi connectivity index (χ4v) is 4.00. The Balaban J connectivity index is 2.07. The monoisotopic (exact) mass is 280 g/mol. The summed E-state index contributed by atoms with van der Waals surface area (Å²) in [4.78, 5) is 15.1. The molecular weight excluding hydrogens is 248 g/mol. The predicted molar refractivity (Wildman–Crippen MR) is 83.5 cm³/mol. The van der Waals surface area contributed by atoms with E-state index in [0.29, 0.717) is 12.1 Å². The van der Waals surface area contributed by atoms with Crippen LogP contribution in [0.5, 0.6) is 0 Å². The number of amides is 1. The molecule has 0 radical (unpaired) electrons. The maximum atomic E-state index is 12.8. The van der Waals surface area contributed by atoms with E-state index in [0.717, 1.165) is 12.8 Å². The minimum Gasteiger partial charge on any atom is -0.335 e. The van der Waals surface area contributed by atoms with Crippen molar-refractivity contribution in [1.29, 1.82) is 0 Å². The molecule has 0 aromatic carbocycles. The van der Waals surface area contributed by atoms with Crippen LogP contribution in [0.15, 0.2) is 0 Å². The standard InChI is InChI=1S/C17H32N2O/c1-2-9-16(18)17(20)19(14-10-5-3-6-11-14)15-12-7-4-8-13-15/h14-16H,2-13,18H2,1H3/t16-/m1/s1. The predicted octanol–water partition coefficient (Wildman–Crippen LogP) is 3.61. The van der Waals surface area contributed by atoms with Gasteiger partial charge in [0, 0.05) is 12.1 Å². The molecule has 0 spiro atoms. The molecule has 0 aromatic heterocycles.